The number of esters is 1. The molecule has 10 nitrogen and oxygen atoms in total. The average molecular weight is 428 g/mol. The SMILES string of the molecule is CCc1noc(C2=C(C)N=C(C)C(C(=O)OCCOC)C2c2cccc([N+](=O)[O-])c2)n1. The van der Waals surface area contributed by atoms with Gasteiger partial charge in [-0.05, 0) is 19.4 Å². The summed E-state index contributed by atoms with van der Waals surface area (Å²) in [5.41, 5.74) is 2.16. The predicted molar refractivity (Wildman–Crippen MR) is 112 cm³/mol. The Balaban J connectivity index is 2.14. The molecule has 0 bridgehead atoms. The third-order valence-corrected chi connectivity index (χ3v) is 5.07. The third kappa shape index (κ3) is 4.69. The van der Waals surface area contributed by atoms with Gasteiger partial charge in [0, 0.05) is 48.6 Å². The molecule has 0 spiro atoms. The Morgan fingerprint density at radius 2 is 2.06 bits per heavy atom. The summed E-state index contributed by atoms with van der Waals surface area (Å²) in [7, 11) is 1.51. The number of nitro benzene ring substituents is 1. The van der Waals surface area contributed by atoms with E-state index >= 15 is 0 Å². The van der Waals surface area contributed by atoms with E-state index in [0.29, 0.717) is 34.8 Å². The summed E-state index contributed by atoms with van der Waals surface area (Å²) in [6, 6.07) is 6.16. The normalized spacial score (nSPS) is 18.6. The summed E-state index contributed by atoms with van der Waals surface area (Å²) < 4.78 is 15.8. The number of aliphatic imine (C=N–C) groups is 1. The van der Waals surface area contributed by atoms with Crippen molar-refractivity contribution in [3.8, 4) is 0 Å². The Kier molecular flexibility index (Phi) is 6.91. The number of benzene rings is 1. The van der Waals surface area contributed by atoms with E-state index in [1.807, 2.05) is 6.92 Å². The largest absolute Gasteiger partial charge is 0.463 e. The van der Waals surface area contributed by atoms with Crippen molar-refractivity contribution in [1.82, 2.24) is 10.1 Å². The van der Waals surface area contributed by atoms with Crippen LogP contribution in [0.15, 0.2) is 39.5 Å². The maximum atomic E-state index is 13.0. The van der Waals surface area contributed by atoms with Crippen LogP contribution >= 0.6 is 0 Å². The van der Waals surface area contributed by atoms with Crippen LogP contribution in [0.5, 0.6) is 0 Å². The molecule has 1 aromatic carbocycles. The lowest BCUT2D eigenvalue weighted by atomic mass is 9.75. The van der Waals surface area contributed by atoms with Gasteiger partial charge < -0.3 is 14.0 Å². The van der Waals surface area contributed by atoms with Crippen LogP contribution in [0.3, 0.4) is 0 Å². The molecule has 31 heavy (non-hydrogen) atoms. The first-order chi connectivity index (χ1) is 14.9. The lowest BCUT2D eigenvalue weighted by molar-refractivity contribution is -0.384. The van der Waals surface area contributed by atoms with Crippen molar-refractivity contribution in [2.45, 2.75) is 33.1 Å². The number of nitrogens with zero attached hydrogens (tertiary/aromatic N) is 4. The molecule has 0 saturated carbocycles. The van der Waals surface area contributed by atoms with Gasteiger partial charge >= 0.3 is 5.97 Å². The second-order valence-corrected chi connectivity index (χ2v) is 7.09. The molecule has 3 rings (SSSR count). The van der Waals surface area contributed by atoms with Crippen LogP contribution in [0.25, 0.3) is 5.57 Å². The molecule has 1 aliphatic heterocycles. The molecule has 0 N–H and O–H groups in total. The highest BCUT2D eigenvalue weighted by atomic mass is 16.6. The van der Waals surface area contributed by atoms with Gasteiger partial charge in [-0.15, -0.1) is 0 Å². The summed E-state index contributed by atoms with van der Waals surface area (Å²) in [4.78, 5) is 32.9. The van der Waals surface area contributed by atoms with E-state index in [0.717, 1.165) is 0 Å². The monoisotopic (exact) mass is 428 g/mol. The van der Waals surface area contributed by atoms with Crippen molar-refractivity contribution in [3.63, 3.8) is 0 Å². The Labute approximate surface area is 179 Å². The number of hydrogen-bond donors (Lipinski definition) is 0. The Morgan fingerprint density at radius 3 is 2.71 bits per heavy atom. The van der Waals surface area contributed by atoms with Crippen LogP contribution in [0.2, 0.25) is 0 Å². The van der Waals surface area contributed by atoms with E-state index in [4.69, 9.17) is 14.0 Å². The number of nitro groups is 1. The maximum absolute atomic E-state index is 13.0. The zero-order valence-electron chi connectivity index (χ0n) is 17.8. The minimum atomic E-state index is -0.811. The van der Waals surface area contributed by atoms with Crippen molar-refractivity contribution in [3.05, 3.63) is 57.4 Å². The fourth-order valence-electron chi connectivity index (χ4n) is 3.63. The van der Waals surface area contributed by atoms with Gasteiger partial charge in [0.05, 0.1) is 11.5 Å². The summed E-state index contributed by atoms with van der Waals surface area (Å²) in [5, 5.41) is 15.3. The van der Waals surface area contributed by atoms with Gasteiger partial charge in [0.1, 0.15) is 12.5 Å². The van der Waals surface area contributed by atoms with Crippen molar-refractivity contribution < 1.29 is 23.7 Å². The quantitative estimate of drug-likeness (QED) is 0.271. The lowest BCUT2D eigenvalue weighted by Gasteiger charge is -2.31. The summed E-state index contributed by atoms with van der Waals surface area (Å²) >= 11 is 0. The molecule has 0 radical (unpaired) electrons. The van der Waals surface area contributed by atoms with Crippen LogP contribution in [-0.2, 0) is 20.7 Å². The molecule has 2 heterocycles. The van der Waals surface area contributed by atoms with Crippen molar-refractivity contribution >= 4 is 22.9 Å². The first-order valence-electron chi connectivity index (χ1n) is 9.86. The van der Waals surface area contributed by atoms with Gasteiger partial charge in [-0.1, -0.05) is 24.2 Å². The number of hydrogen-bond acceptors (Lipinski definition) is 9. The third-order valence-electron chi connectivity index (χ3n) is 5.07. The number of carbonyl (C=O) groups excluding carboxylic acids is 1. The highest BCUT2D eigenvalue weighted by Gasteiger charge is 2.42. The van der Waals surface area contributed by atoms with Crippen LogP contribution in [0.4, 0.5) is 5.69 Å². The molecule has 10 heteroatoms. The first kappa shape index (κ1) is 22.3. The maximum Gasteiger partial charge on any atom is 0.315 e. The molecule has 0 fully saturated rings. The number of ether oxygens (including phenoxy) is 2. The summed E-state index contributed by atoms with van der Waals surface area (Å²) in [5.74, 6) is -1.21. The minimum absolute atomic E-state index is 0.0825. The molecule has 0 amide bonds. The molecular formula is C21H24N4O6. The zero-order valence-corrected chi connectivity index (χ0v) is 17.8. The molecule has 2 aromatic rings. The fourth-order valence-corrected chi connectivity index (χ4v) is 3.63. The molecule has 0 saturated heterocycles. The van der Waals surface area contributed by atoms with Crippen molar-refractivity contribution in [2.24, 2.45) is 10.9 Å². The van der Waals surface area contributed by atoms with Crippen LogP contribution in [0.1, 0.15) is 44.0 Å². The number of aryl methyl sites for hydroxylation is 1. The Morgan fingerprint density at radius 1 is 1.29 bits per heavy atom. The summed E-state index contributed by atoms with van der Waals surface area (Å²) in [6.07, 6.45) is 0.572. The van der Waals surface area contributed by atoms with Gasteiger partial charge in [0.2, 0.25) is 0 Å². The zero-order chi connectivity index (χ0) is 22.5. The van der Waals surface area contributed by atoms with E-state index in [1.165, 1.54) is 19.2 Å². The van der Waals surface area contributed by atoms with E-state index in [9.17, 15) is 14.9 Å². The molecular weight excluding hydrogens is 404 g/mol. The van der Waals surface area contributed by atoms with E-state index in [-0.39, 0.29) is 24.8 Å². The van der Waals surface area contributed by atoms with Crippen molar-refractivity contribution in [1.29, 1.82) is 0 Å². The van der Waals surface area contributed by atoms with Gasteiger partial charge in [0.15, 0.2) is 5.82 Å². The topological polar surface area (TPSA) is 130 Å². The van der Waals surface area contributed by atoms with Crippen LogP contribution in [0, 0.1) is 16.0 Å². The highest BCUT2D eigenvalue weighted by molar-refractivity contribution is 6.06. The standard InChI is InChI=1S/C21H24N4O6/c1-5-16-23-20(31-24-16)17-12(2)22-13(3)18(21(26)30-10-9-29-4)19(17)14-7-6-8-15(11-14)25(27)28/h6-8,11,18-19H,5,9-10H2,1-4H3. The van der Waals surface area contributed by atoms with E-state index in [1.54, 1.807) is 26.0 Å². The van der Waals surface area contributed by atoms with Gasteiger partial charge in [0.25, 0.3) is 11.6 Å². The average Bonchev–Trinajstić information content (AvgIpc) is 3.22. The minimum Gasteiger partial charge on any atom is -0.463 e. The van der Waals surface area contributed by atoms with Crippen molar-refractivity contribution in [2.75, 3.05) is 20.3 Å². The fraction of sp³-hybridized carbons (Fsp3) is 0.429. The second kappa shape index (κ2) is 9.61. The smallest absolute Gasteiger partial charge is 0.315 e. The molecule has 164 valence electrons. The number of methoxy groups -OCH3 is 1. The lowest BCUT2D eigenvalue weighted by Crippen LogP contribution is -2.34. The van der Waals surface area contributed by atoms with E-state index in [2.05, 4.69) is 15.1 Å². The molecule has 0 aliphatic carbocycles. The second-order valence-electron chi connectivity index (χ2n) is 7.09. The predicted octanol–water partition coefficient (Wildman–Crippen LogP) is 3.34. The number of aromatic nitrogens is 2. The van der Waals surface area contributed by atoms with Crippen LogP contribution < -0.4 is 0 Å². The molecule has 1 aromatic heterocycles. The van der Waals surface area contributed by atoms with Gasteiger partial charge in [-0.2, -0.15) is 4.98 Å². The Hall–Kier alpha value is -3.40. The molecule has 1 aliphatic rings. The molecule has 2 unspecified atom stereocenters. The number of non-ortho nitro benzene ring substituents is 1. The number of carbonyl (C=O) groups is 1. The van der Waals surface area contributed by atoms with E-state index < -0.39 is 22.7 Å². The first-order valence-corrected chi connectivity index (χ1v) is 9.86. The van der Waals surface area contributed by atoms with Crippen LogP contribution in [-0.4, -0.2) is 47.1 Å². The van der Waals surface area contributed by atoms with Gasteiger partial charge in [-0.25, -0.2) is 0 Å². The highest BCUT2D eigenvalue weighted by Crippen LogP contribution is 2.44. The summed E-state index contributed by atoms with van der Waals surface area (Å²) in [6.45, 7) is 5.75. The number of allylic oxidation sites excluding steroid dienone is 2. The molecule has 2 atom stereocenters. The van der Waals surface area contributed by atoms with Gasteiger partial charge in [-0.3, -0.25) is 19.9 Å². The number of rotatable bonds is 8. The Bertz CT molecular complexity index is 1040.